The molecule has 0 spiro atoms. The third-order valence-electron chi connectivity index (χ3n) is 7.54. The van der Waals surface area contributed by atoms with E-state index in [1.807, 2.05) is 0 Å². The SMILES string of the molecule is Cc1cc(C(C)(C)C)cc(-c2c3ccc([Si](C)(C)c4ccccc4)cc3cc(C)[n+]2C)c1C. The molecule has 0 atom stereocenters. The van der Waals surface area contributed by atoms with E-state index in [4.69, 9.17) is 0 Å². The highest BCUT2D eigenvalue weighted by molar-refractivity contribution is 7.00. The second-order valence-corrected chi connectivity index (χ2v) is 15.6. The Kier molecular flexibility index (Phi) is 5.86. The quantitative estimate of drug-likeness (QED) is 0.251. The molecule has 4 aromatic rings. The summed E-state index contributed by atoms with van der Waals surface area (Å²) in [5, 5.41) is 5.63. The fourth-order valence-electron chi connectivity index (χ4n) is 4.85. The summed E-state index contributed by atoms with van der Waals surface area (Å²) in [5.41, 5.74) is 8.20. The number of fused-ring (bicyclic) bond motifs is 1. The minimum atomic E-state index is -1.76. The van der Waals surface area contributed by atoms with Gasteiger partial charge in [0.25, 0.3) is 0 Å². The summed E-state index contributed by atoms with van der Waals surface area (Å²) in [6.07, 6.45) is 0. The first-order chi connectivity index (χ1) is 15.4. The second kappa shape index (κ2) is 8.25. The van der Waals surface area contributed by atoms with Crippen LogP contribution in [0.1, 0.15) is 43.2 Å². The Morgan fingerprint density at radius 2 is 1.42 bits per heavy atom. The number of hydrogen-bond donors (Lipinski definition) is 0. The van der Waals surface area contributed by atoms with Gasteiger partial charge >= 0.3 is 0 Å². The summed E-state index contributed by atoms with van der Waals surface area (Å²) in [6.45, 7) is 18.6. The molecule has 0 saturated heterocycles. The summed E-state index contributed by atoms with van der Waals surface area (Å²) >= 11 is 0. The van der Waals surface area contributed by atoms with Crippen LogP contribution in [0.4, 0.5) is 0 Å². The largest absolute Gasteiger partial charge is 0.220 e. The Morgan fingerprint density at radius 3 is 2.06 bits per heavy atom. The topological polar surface area (TPSA) is 3.88 Å². The van der Waals surface area contributed by atoms with Crippen LogP contribution in [-0.4, -0.2) is 8.07 Å². The lowest BCUT2D eigenvalue weighted by molar-refractivity contribution is -0.665. The van der Waals surface area contributed by atoms with Gasteiger partial charge in [0.1, 0.15) is 15.1 Å². The average molecular weight is 453 g/mol. The maximum Gasteiger partial charge on any atom is 0.220 e. The summed E-state index contributed by atoms with van der Waals surface area (Å²) < 4.78 is 2.37. The van der Waals surface area contributed by atoms with E-state index < -0.39 is 8.07 Å². The van der Waals surface area contributed by atoms with E-state index in [0.717, 1.165) is 0 Å². The molecule has 0 saturated carbocycles. The first kappa shape index (κ1) is 23.4. The summed E-state index contributed by atoms with van der Waals surface area (Å²) in [4.78, 5) is 0. The van der Waals surface area contributed by atoms with Crippen LogP contribution >= 0.6 is 0 Å². The zero-order valence-electron chi connectivity index (χ0n) is 21.8. The van der Waals surface area contributed by atoms with Crippen molar-refractivity contribution in [1.82, 2.24) is 0 Å². The number of aromatic nitrogens is 1. The minimum absolute atomic E-state index is 0.115. The molecule has 1 aromatic heterocycles. The second-order valence-electron chi connectivity index (χ2n) is 11.2. The van der Waals surface area contributed by atoms with Crippen molar-refractivity contribution >= 4 is 29.2 Å². The molecule has 2 heteroatoms. The third kappa shape index (κ3) is 4.17. The summed E-state index contributed by atoms with van der Waals surface area (Å²) in [7, 11) is 0.447. The van der Waals surface area contributed by atoms with E-state index in [-0.39, 0.29) is 5.41 Å². The van der Waals surface area contributed by atoms with E-state index >= 15 is 0 Å². The molecular formula is C31H38NSi+. The van der Waals surface area contributed by atoms with Crippen molar-refractivity contribution in [2.75, 3.05) is 0 Å². The standard InChI is InChI=1S/C31H38NSi/c1-21-17-25(31(4,5)6)20-29(23(21)3)30-28-16-15-27(19-24(28)18-22(2)32(30)7)33(8,9)26-13-11-10-12-14-26/h10-20H,1-9H3/q+1. The van der Waals surface area contributed by atoms with Gasteiger partial charge in [0.2, 0.25) is 5.69 Å². The number of pyridine rings is 1. The van der Waals surface area contributed by atoms with Gasteiger partial charge in [-0.2, -0.15) is 4.57 Å². The molecule has 0 aliphatic heterocycles. The third-order valence-corrected chi connectivity index (χ3v) is 11.1. The van der Waals surface area contributed by atoms with Gasteiger partial charge in [-0.15, -0.1) is 0 Å². The average Bonchev–Trinajstić information content (AvgIpc) is 2.76. The molecule has 33 heavy (non-hydrogen) atoms. The molecule has 0 radical (unpaired) electrons. The predicted octanol–water partition coefficient (Wildman–Crippen LogP) is 6.38. The van der Waals surface area contributed by atoms with E-state index in [0.29, 0.717) is 0 Å². The van der Waals surface area contributed by atoms with Gasteiger partial charge in [0.05, 0.1) is 10.9 Å². The fraction of sp³-hybridized carbons (Fsp3) is 0.323. The van der Waals surface area contributed by atoms with Gasteiger partial charge in [0.15, 0.2) is 5.69 Å². The highest BCUT2D eigenvalue weighted by Crippen LogP contribution is 2.34. The first-order valence-corrected chi connectivity index (χ1v) is 15.0. The van der Waals surface area contributed by atoms with Crippen LogP contribution in [0, 0.1) is 20.8 Å². The molecule has 0 aliphatic carbocycles. The van der Waals surface area contributed by atoms with Crippen molar-refractivity contribution in [3.05, 3.63) is 89.1 Å². The zero-order chi connectivity index (χ0) is 24.1. The molecule has 0 fully saturated rings. The Labute approximate surface area is 201 Å². The smallest absolute Gasteiger partial charge is 0.198 e. The Bertz CT molecular complexity index is 1340. The van der Waals surface area contributed by atoms with Crippen molar-refractivity contribution in [2.24, 2.45) is 7.05 Å². The minimum Gasteiger partial charge on any atom is -0.198 e. The van der Waals surface area contributed by atoms with Gasteiger partial charge < -0.3 is 0 Å². The lowest BCUT2D eigenvalue weighted by Gasteiger charge is -2.24. The number of hydrogen-bond acceptors (Lipinski definition) is 0. The number of rotatable bonds is 3. The summed E-state index contributed by atoms with van der Waals surface area (Å²) in [5.74, 6) is 0. The van der Waals surface area contributed by atoms with Crippen molar-refractivity contribution in [3.8, 4) is 11.3 Å². The van der Waals surface area contributed by atoms with Crippen LogP contribution in [0.25, 0.3) is 22.0 Å². The normalized spacial score (nSPS) is 12.4. The van der Waals surface area contributed by atoms with Crippen LogP contribution in [0.15, 0.2) is 66.7 Å². The van der Waals surface area contributed by atoms with E-state index in [9.17, 15) is 0 Å². The molecule has 0 N–H and O–H groups in total. The van der Waals surface area contributed by atoms with E-state index in [1.165, 1.54) is 54.8 Å². The molecule has 170 valence electrons. The van der Waals surface area contributed by atoms with Crippen LogP contribution in [-0.2, 0) is 12.5 Å². The maximum absolute atomic E-state index is 2.46. The van der Waals surface area contributed by atoms with Gasteiger partial charge in [-0.1, -0.05) is 92.8 Å². The maximum atomic E-state index is 2.46. The number of aryl methyl sites for hydroxylation is 2. The summed E-state index contributed by atoms with van der Waals surface area (Å²) in [6, 6.07) is 25.4. The van der Waals surface area contributed by atoms with Gasteiger partial charge in [-0.3, -0.25) is 0 Å². The molecule has 0 unspecified atom stereocenters. The van der Waals surface area contributed by atoms with Crippen molar-refractivity contribution in [1.29, 1.82) is 0 Å². The first-order valence-electron chi connectivity index (χ1n) is 12.0. The van der Waals surface area contributed by atoms with Gasteiger partial charge in [0, 0.05) is 13.0 Å². The number of nitrogens with zero attached hydrogens (tertiary/aromatic N) is 1. The van der Waals surface area contributed by atoms with Crippen molar-refractivity contribution in [3.63, 3.8) is 0 Å². The lowest BCUT2D eigenvalue weighted by Crippen LogP contribution is -2.52. The molecule has 0 aliphatic rings. The van der Waals surface area contributed by atoms with Gasteiger partial charge in [-0.25, -0.2) is 0 Å². The van der Waals surface area contributed by atoms with Crippen LogP contribution in [0.3, 0.4) is 0 Å². The lowest BCUT2D eigenvalue weighted by atomic mass is 9.83. The highest BCUT2D eigenvalue weighted by atomic mass is 28.3. The monoisotopic (exact) mass is 452 g/mol. The van der Waals surface area contributed by atoms with Crippen LogP contribution in [0.2, 0.25) is 13.1 Å². The fourth-order valence-corrected chi connectivity index (χ4v) is 7.23. The number of benzene rings is 3. The van der Waals surface area contributed by atoms with Gasteiger partial charge in [-0.05, 0) is 53.5 Å². The molecule has 1 heterocycles. The Hall–Kier alpha value is -2.71. The Morgan fingerprint density at radius 1 is 0.758 bits per heavy atom. The van der Waals surface area contributed by atoms with Crippen molar-refractivity contribution < 1.29 is 4.57 Å². The molecule has 1 nitrogen and oxygen atoms in total. The Balaban J connectivity index is 1.99. The van der Waals surface area contributed by atoms with Crippen molar-refractivity contribution in [2.45, 2.75) is 60.1 Å². The highest BCUT2D eigenvalue weighted by Gasteiger charge is 2.28. The molecule has 3 aromatic carbocycles. The predicted molar refractivity (Wildman–Crippen MR) is 147 cm³/mol. The molecular weight excluding hydrogens is 414 g/mol. The van der Waals surface area contributed by atoms with E-state index in [2.05, 4.69) is 133 Å². The molecule has 4 rings (SSSR count). The van der Waals surface area contributed by atoms with Crippen LogP contribution < -0.4 is 14.9 Å². The molecule has 0 amide bonds. The molecule has 0 bridgehead atoms. The van der Waals surface area contributed by atoms with Crippen LogP contribution in [0.5, 0.6) is 0 Å². The zero-order valence-corrected chi connectivity index (χ0v) is 22.8. The van der Waals surface area contributed by atoms with E-state index in [1.54, 1.807) is 0 Å².